The Labute approximate surface area is 182 Å². The summed E-state index contributed by atoms with van der Waals surface area (Å²) < 4.78 is 0. The van der Waals surface area contributed by atoms with E-state index >= 15 is 0 Å². The number of aliphatic imine (C=N–C) groups is 1. The van der Waals surface area contributed by atoms with E-state index in [1.165, 1.54) is 44.5 Å². The molecule has 0 amide bonds. The Balaban J connectivity index is 0.00000261. The van der Waals surface area contributed by atoms with Crippen LogP contribution in [0.1, 0.15) is 51.5 Å². The largest absolute Gasteiger partial charge is 0.357 e. The molecule has 0 spiro atoms. The van der Waals surface area contributed by atoms with Crippen LogP contribution in [-0.4, -0.2) is 49.6 Å². The Kier molecular flexibility index (Phi) is 9.36. The third-order valence-corrected chi connectivity index (χ3v) is 5.53. The minimum atomic E-state index is 0. The van der Waals surface area contributed by atoms with Gasteiger partial charge in [-0.3, -0.25) is 4.99 Å². The van der Waals surface area contributed by atoms with Gasteiger partial charge >= 0.3 is 0 Å². The number of piperidine rings is 1. The standard InChI is InChI=1S/C22H36N4.HI/c1-4-23-22(25-20-10-12-26(13-11-20)16-17(2)3)24-15-19-14-21(19)18-8-6-5-7-9-18;/h5-9,17,19-21H,4,10-16H2,1-3H3,(H2,23,24,25);1H. The SMILES string of the molecule is CCNC(=NCC1CC1c1ccccc1)NC1CCN(CC(C)C)CC1.I. The molecule has 2 unspecified atom stereocenters. The van der Waals surface area contributed by atoms with E-state index in [0.717, 1.165) is 25.0 Å². The third-order valence-electron chi connectivity index (χ3n) is 5.53. The minimum Gasteiger partial charge on any atom is -0.357 e. The fraction of sp³-hybridized carbons (Fsp3) is 0.682. The van der Waals surface area contributed by atoms with Crippen LogP contribution in [0.15, 0.2) is 35.3 Å². The molecule has 4 nitrogen and oxygen atoms in total. The van der Waals surface area contributed by atoms with Gasteiger partial charge in [-0.15, -0.1) is 24.0 Å². The number of rotatable bonds is 7. The zero-order chi connectivity index (χ0) is 18.4. The highest BCUT2D eigenvalue weighted by Gasteiger charge is 2.37. The lowest BCUT2D eigenvalue weighted by Gasteiger charge is -2.34. The maximum atomic E-state index is 4.89. The van der Waals surface area contributed by atoms with Crippen molar-refractivity contribution in [1.29, 1.82) is 0 Å². The van der Waals surface area contributed by atoms with Gasteiger partial charge in [-0.25, -0.2) is 0 Å². The molecule has 1 aliphatic heterocycles. The Bertz CT molecular complexity index is 567. The molecule has 2 N–H and O–H groups in total. The van der Waals surface area contributed by atoms with E-state index in [1.807, 2.05) is 0 Å². The van der Waals surface area contributed by atoms with E-state index in [-0.39, 0.29) is 24.0 Å². The van der Waals surface area contributed by atoms with Crippen LogP contribution in [0.5, 0.6) is 0 Å². The fourth-order valence-electron chi connectivity index (χ4n) is 4.06. The Morgan fingerprint density at radius 1 is 1.19 bits per heavy atom. The predicted octanol–water partition coefficient (Wildman–Crippen LogP) is 4.08. The van der Waals surface area contributed by atoms with Gasteiger partial charge in [-0.2, -0.15) is 0 Å². The molecule has 1 heterocycles. The van der Waals surface area contributed by atoms with E-state index in [0.29, 0.717) is 17.9 Å². The second-order valence-corrected chi connectivity index (χ2v) is 8.35. The topological polar surface area (TPSA) is 39.7 Å². The van der Waals surface area contributed by atoms with Crippen molar-refractivity contribution in [3.63, 3.8) is 0 Å². The predicted molar refractivity (Wildman–Crippen MR) is 126 cm³/mol. The summed E-state index contributed by atoms with van der Waals surface area (Å²) in [5.74, 6) is 3.19. The zero-order valence-corrected chi connectivity index (χ0v) is 19.5. The highest BCUT2D eigenvalue weighted by molar-refractivity contribution is 14.0. The molecule has 5 heteroatoms. The molecule has 1 aromatic carbocycles. The van der Waals surface area contributed by atoms with Gasteiger partial charge in [0.25, 0.3) is 0 Å². The molecule has 1 saturated heterocycles. The van der Waals surface area contributed by atoms with Gasteiger partial charge in [0.15, 0.2) is 5.96 Å². The van der Waals surface area contributed by atoms with Gasteiger partial charge in [0.2, 0.25) is 0 Å². The maximum absolute atomic E-state index is 4.89. The Morgan fingerprint density at radius 3 is 2.52 bits per heavy atom. The molecule has 3 rings (SSSR count). The number of hydrogen-bond acceptors (Lipinski definition) is 2. The third kappa shape index (κ3) is 7.26. The summed E-state index contributed by atoms with van der Waals surface area (Å²) in [7, 11) is 0. The van der Waals surface area contributed by atoms with Gasteiger partial charge in [0, 0.05) is 38.8 Å². The van der Waals surface area contributed by atoms with Crippen molar-refractivity contribution in [1.82, 2.24) is 15.5 Å². The van der Waals surface area contributed by atoms with Crippen molar-refractivity contribution in [3.05, 3.63) is 35.9 Å². The first-order valence-electron chi connectivity index (χ1n) is 10.5. The molecule has 0 radical (unpaired) electrons. The first-order chi connectivity index (χ1) is 12.7. The van der Waals surface area contributed by atoms with Gasteiger partial charge in [-0.05, 0) is 49.5 Å². The highest BCUT2D eigenvalue weighted by Crippen LogP contribution is 2.47. The second-order valence-electron chi connectivity index (χ2n) is 8.35. The van der Waals surface area contributed by atoms with Crippen molar-refractivity contribution < 1.29 is 0 Å². The molecule has 0 aromatic heterocycles. The molecule has 27 heavy (non-hydrogen) atoms. The van der Waals surface area contributed by atoms with Crippen molar-refractivity contribution in [2.75, 3.05) is 32.7 Å². The normalized spacial score (nSPS) is 23.8. The van der Waals surface area contributed by atoms with E-state index in [9.17, 15) is 0 Å². The van der Waals surface area contributed by atoms with E-state index in [4.69, 9.17) is 4.99 Å². The number of halogens is 1. The Morgan fingerprint density at radius 2 is 1.89 bits per heavy atom. The zero-order valence-electron chi connectivity index (χ0n) is 17.2. The number of nitrogens with one attached hydrogen (secondary N) is 2. The molecule has 2 atom stereocenters. The molecule has 2 aliphatic rings. The lowest BCUT2D eigenvalue weighted by molar-refractivity contribution is 0.187. The van der Waals surface area contributed by atoms with Crippen molar-refractivity contribution in [3.8, 4) is 0 Å². The van der Waals surface area contributed by atoms with Gasteiger partial charge < -0.3 is 15.5 Å². The van der Waals surface area contributed by atoms with Crippen LogP contribution in [-0.2, 0) is 0 Å². The minimum absolute atomic E-state index is 0. The van der Waals surface area contributed by atoms with Crippen LogP contribution in [0.2, 0.25) is 0 Å². The van der Waals surface area contributed by atoms with Crippen LogP contribution < -0.4 is 10.6 Å². The highest BCUT2D eigenvalue weighted by atomic mass is 127. The Hall–Kier alpha value is -0.820. The lowest BCUT2D eigenvalue weighted by atomic mass is 10.0. The molecule has 1 aliphatic carbocycles. The summed E-state index contributed by atoms with van der Waals surface area (Å²) in [4.78, 5) is 7.49. The van der Waals surface area contributed by atoms with E-state index in [1.54, 1.807) is 0 Å². The summed E-state index contributed by atoms with van der Waals surface area (Å²) >= 11 is 0. The van der Waals surface area contributed by atoms with Crippen molar-refractivity contribution in [2.45, 2.75) is 52.0 Å². The quantitative estimate of drug-likeness (QED) is 0.348. The average Bonchev–Trinajstić information content (AvgIpc) is 3.41. The monoisotopic (exact) mass is 484 g/mol. The molecular formula is C22H37IN4. The molecule has 1 aromatic rings. The summed E-state index contributed by atoms with van der Waals surface area (Å²) in [6, 6.07) is 11.4. The number of likely N-dealkylation sites (tertiary alicyclic amines) is 1. The van der Waals surface area contributed by atoms with E-state index < -0.39 is 0 Å². The first kappa shape index (κ1) is 22.5. The van der Waals surface area contributed by atoms with Crippen LogP contribution in [0.3, 0.4) is 0 Å². The number of guanidine groups is 1. The average molecular weight is 484 g/mol. The van der Waals surface area contributed by atoms with Crippen LogP contribution in [0.25, 0.3) is 0 Å². The number of benzene rings is 1. The van der Waals surface area contributed by atoms with Crippen LogP contribution in [0.4, 0.5) is 0 Å². The lowest BCUT2D eigenvalue weighted by Crippen LogP contribution is -2.49. The maximum Gasteiger partial charge on any atom is 0.191 e. The first-order valence-corrected chi connectivity index (χ1v) is 10.5. The van der Waals surface area contributed by atoms with E-state index in [2.05, 4.69) is 66.6 Å². The van der Waals surface area contributed by atoms with Crippen LogP contribution in [0, 0.1) is 11.8 Å². The van der Waals surface area contributed by atoms with Crippen molar-refractivity contribution in [2.24, 2.45) is 16.8 Å². The summed E-state index contributed by atoms with van der Waals surface area (Å²) in [5.41, 5.74) is 1.48. The van der Waals surface area contributed by atoms with Gasteiger partial charge in [0.1, 0.15) is 0 Å². The molecule has 1 saturated carbocycles. The summed E-state index contributed by atoms with van der Waals surface area (Å²) in [5, 5.41) is 7.12. The number of hydrogen-bond donors (Lipinski definition) is 2. The summed E-state index contributed by atoms with van der Waals surface area (Å²) in [6.07, 6.45) is 3.71. The molecular weight excluding hydrogens is 447 g/mol. The second kappa shape index (κ2) is 11.2. The molecule has 2 fully saturated rings. The molecule has 0 bridgehead atoms. The van der Waals surface area contributed by atoms with Gasteiger partial charge in [-0.1, -0.05) is 44.2 Å². The van der Waals surface area contributed by atoms with Crippen molar-refractivity contribution >= 4 is 29.9 Å². The number of nitrogens with zero attached hydrogens (tertiary/aromatic N) is 2. The fourth-order valence-corrected chi connectivity index (χ4v) is 4.06. The summed E-state index contributed by atoms with van der Waals surface area (Å²) in [6.45, 7) is 12.2. The van der Waals surface area contributed by atoms with Crippen LogP contribution >= 0.6 is 24.0 Å². The smallest absolute Gasteiger partial charge is 0.191 e. The molecule has 152 valence electrons. The van der Waals surface area contributed by atoms with Gasteiger partial charge in [0.05, 0.1) is 0 Å².